The molecule has 16 heavy (non-hydrogen) atoms. The predicted molar refractivity (Wildman–Crippen MR) is 72.5 cm³/mol. The minimum Gasteiger partial charge on any atom is -0.300 e. The van der Waals surface area contributed by atoms with Crippen LogP contribution in [0.5, 0.6) is 0 Å². The molecular formula is C15H23N. The quantitative estimate of drug-likeness (QED) is 0.671. The van der Waals surface area contributed by atoms with Gasteiger partial charge in [-0.25, -0.2) is 0 Å². The molecule has 0 saturated carbocycles. The van der Waals surface area contributed by atoms with E-state index in [0.29, 0.717) is 0 Å². The van der Waals surface area contributed by atoms with E-state index in [4.69, 9.17) is 0 Å². The Bertz CT molecular complexity index is 290. The Labute approximate surface area is 99.8 Å². The van der Waals surface area contributed by atoms with Crippen LogP contribution >= 0.6 is 0 Å². The van der Waals surface area contributed by atoms with Gasteiger partial charge in [-0.15, -0.1) is 0 Å². The molecule has 0 aromatic heterocycles. The minimum atomic E-state index is 1.06. The molecule has 1 nitrogen and oxygen atoms in total. The van der Waals surface area contributed by atoms with Crippen LogP contribution in [0, 0.1) is 0 Å². The third-order valence-electron chi connectivity index (χ3n) is 2.75. The van der Waals surface area contributed by atoms with Crippen LogP contribution in [0.1, 0.15) is 32.3 Å². The predicted octanol–water partition coefficient (Wildman–Crippen LogP) is 3.82. The molecule has 0 heterocycles. The molecule has 0 aliphatic heterocycles. The molecule has 0 radical (unpaired) electrons. The zero-order valence-electron chi connectivity index (χ0n) is 10.5. The maximum atomic E-state index is 2.48. The van der Waals surface area contributed by atoms with Crippen molar-refractivity contribution in [3.05, 3.63) is 42.0 Å². The van der Waals surface area contributed by atoms with Crippen molar-refractivity contribution in [2.75, 3.05) is 19.6 Å². The van der Waals surface area contributed by atoms with Crippen molar-refractivity contribution < 1.29 is 0 Å². The van der Waals surface area contributed by atoms with E-state index in [9.17, 15) is 0 Å². The van der Waals surface area contributed by atoms with Gasteiger partial charge in [0.25, 0.3) is 0 Å². The first-order chi connectivity index (χ1) is 7.86. The van der Waals surface area contributed by atoms with Crippen molar-refractivity contribution in [1.82, 2.24) is 4.90 Å². The minimum absolute atomic E-state index is 1.06. The number of nitrogens with zero attached hydrogens (tertiary/aromatic N) is 1. The normalized spacial score (nSPS) is 11.4. The molecule has 0 N–H and O–H groups in total. The third kappa shape index (κ3) is 5.13. The average Bonchev–Trinajstić information content (AvgIpc) is 2.35. The Morgan fingerprint density at radius 2 is 1.88 bits per heavy atom. The van der Waals surface area contributed by atoms with Crippen LogP contribution in [-0.4, -0.2) is 24.5 Å². The van der Waals surface area contributed by atoms with E-state index >= 15 is 0 Å². The molecule has 1 rings (SSSR count). The molecule has 0 spiro atoms. The second-order valence-corrected chi connectivity index (χ2v) is 4.06. The largest absolute Gasteiger partial charge is 0.300 e. The lowest BCUT2D eigenvalue weighted by Crippen LogP contribution is -2.24. The molecule has 0 aliphatic carbocycles. The molecule has 88 valence electrons. The second kappa shape index (κ2) is 8.12. The summed E-state index contributed by atoms with van der Waals surface area (Å²) >= 11 is 0. The molecule has 0 unspecified atom stereocenters. The summed E-state index contributed by atoms with van der Waals surface area (Å²) in [6.07, 6.45) is 7.04. The zero-order chi connectivity index (χ0) is 11.6. The summed E-state index contributed by atoms with van der Waals surface area (Å²) in [6, 6.07) is 10.5. The summed E-state index contributed by atoms with van der Waals surface area (Å²) in [5.74, 6) is 0. The molecule has 0 atom stereocenters. The second-order valence-electron chi connectivity index (χ2n) is 4.06. The van der Waals surface area contributed by atoms with Crippen LogP contribution in [0.25, 0.3) is 6.08 Å². The van der Waals surface area contributed by atoms with Crippen molar-refractivity contribution in [2.24, 2.45) is 0 Å². The van der Waals surface area contributed by atoms with Crippen molar-refractivity contribution in [2.45, 2.75) is 26.7 Å². The summed E-state index contributed by atoms with van der Waals surface area (Å²) in [6.45, 7) is 7.89. The lowest BCUT2D eigenvalue weighted by atomic mass is 10.2. The number of unbranched alkanes of at least 4 members (excludes halogenated alkanes) is 1. The highest BCUT2D eigenvalue weighted by Crippen LogP contribution is 2.02. The first-order valence-electron chi connectivity index (χ1n) is 6.30. The van der Waals surface area contributed by atoms with Crippen LogP contribution < -0.4 is 0 Å². The Morgan fingerprint density at radius 1 is 1.12 bits per heavy atom. The highest BCUT2D eigenvalue weighted by atomic mass is 15.1. The molecule has 1 aromatic rings. The molecule has 1 heteroatoms. The van der Waals surface area contributed by atoms with Crippen LogP contribution in [-0.2, 0) is 0 Å². The highest BCUT2D eigenvalue weighted by molar-refractivity contribution is 5.48. The van der Waals surface area contributed by atoms with E-state index < -0.39 is 0 Å². The summed E-state index contributed by atoms with van der Waals surface area (Å²) in [5, 5.41) is 0. The van der Waals surface area contributed by atoms with E-state index in [0.717, 1.165) is 13.1 Å². The van der Waals surface area contributed by atoms with Gasteiger partial charge in [-0.1, -0.05) is 62.8 Å². The van der Waals surface area contributed by atoms with E-state index in [1.54, 1.807) is 0 Å². The first kappa shape index (κ1) is 13.0. The van der Waals surface area contributed by atoms with Crippen LogP contribution in [0.2, 0.25) is 0 Å². The summed E-state index contributed by atoms with van der Waals surface area (Å²) in [7, 11) is 0. The van der Waals surface area contributed by atoms with E-state index in [1.165, 1.54) is 24.9 Å². The standard InChI is InChI=1S/C15H23N/c1-3-5-13-16(4-2)14-9-12-15-10-7-6-8-11-15/h6-12H,3-5,13-14H2,1-2H3. The SMILES string of the molecule is CCCCN(CC)CC=Cc1ccccc1. The molecular weight excluding hydrogens is 194 g/mol. The maximum absolute atomic E-state index is 2.48. The lowest BCUT2D eigenvalue weighted by Gasteiger charge is -2.17. The van der Waals surface area contributed by atoms with Gasteiger partial charge >= 0.3 is 0 Å². The number of rotatable bonds is 7. The fourth-order valence-corrected chi connectivity index (χ4v) is 1.66. The summed E-state index contributed by atoms with van der Waals surface area (Å²) < 4.78 is 0. The monoisotopic (exact) mass is 217 g/mol. The topological polar surface area (TPSA) is 3.24 Å². The molecule has 0 amide bonds. The smallest absolute Gasteiger partial charge is 0.0166 e. The molecule has 1 aromatic carbocycles. The number of hydrogen-bond acceptors (Lipinski definition) is 1. The summed E-state index contributed by atoms with van der Waals surface area (Å²) in [4.78, 5) is 2.48. The number of benzene rings is 1. The third-order valence-corrected chi connectivity index (χ3v) is 2.75. The number of likely N-dealkylation sites (N-methyl/N-ethyl adjacent to an activating group) is 1. The molecule has 0 saturated heterocycles. The van der Waals surface area contributed by atoms with Gasteiger partial charge in [0.1, 0.15) is 0 Å². The highest BCUT2D eigenvalue weighted by Gasteiger charge is 1.97. The molecule has 0 fully saturated rings. The van der Waals surface area contributed by atoms with Crippen LogP contribution in [0.3, 0.4) is 0 Å². The fourth-order valence-electron chi connectivity index (χ4n) is 1.66. The van der Waals surface area contributed by atoms with Crippen molar-refractivity contribution in [3.63, 3.8) is 0 Å². The summed E-state index contributed by atoms with van der Waals surface area (Å²) in [5.41, 5.74) is 1.29. The van der Waals surface area contributed by atoms with Gasteiger partial charge in [-0.2, -0.15) is 0 Å². The molecule has 0 aliphatic rings. The van der Waals surface area contributed by atoms with Crippen molar-refractivity contribution in [1.29, 1.82) is 0 Å². The van der Waals surface area contributed by atoms with E-state index in [-0.39, 0.29) is 0 Å². The Morgan fingerprint density at radius 3 is 2.50 bits per heavy atom. The van der Waals surface area contributed by atoms with Gasteiger partial charge in [0, 0.05) is 6.54 Å². The van der Waals surface area contributed by atoms with Crippen LogP contribution in [0.15, 0.2) is 36.4 Å². The van der Waals surface area contributed by atoms with Gasteiger partial charge < -0.3 is 0 Å². The fraction of sp³-hybridized carbons (Fsp3) is 0.467. The van der Waals surface area contributed by atoms with Gasteiger partial charge in [-0.3, -0.25) is 4.90 Å². The van der Waals surface area contributed by atoms with E-state index in [2.05, 4.69) is 61.2 Å². The molecule has 0 bridgehead atoms. The van der Waals surface area contributed by atoms with Crippen LogP contribution in [0.4, 0.5) is 0 Å². The average molecular weight is 217 g/mol. The van der Waals surface area contributed by atoms with Gasteiger partial charge in [0.05, 0.1) is 0 Å². The van der Waals surface area contributed by atoms with Crippen molar-refractivity contribution in [3.8, 4) is 0 Å². The first-order valence-corrected chi connectivity index (χ1v) is 6.30. The van der Waals surface area contributed by atoms with Gasteiger partial charge in [0.2, 0.25) is 0 Å². The van der Waals surface area contributed by atoms with Crippen molar-refractivity contribution >= 4 is 6.08 Å². The number of hydrogen-bond donors (Lipinski definition) is 0. The zero-order valence-corrected chi connectivity index (χ0v) is 10.5. The van der Waals surface area contributed by atoms with E-state index in [1.807, 2.05) is 0 Å². The van der Waals surface area contributed by atoms with Gasteiger partial charge in [-0.05, 0) is 25.1 Å². The Kier molecular flexibility index (Phi) is 6.59. The lowest BCUT2D eigenvalue weighted by molar-refractivity contribution is 0.314. The van der Waals surface area contributed by atoms with Gasteiger partial charge in [0.15, 0.2) is 0 Å². The maximum Gasteiger partial charge on any atom is 0.0166 e. The Hall–Kier alpha value is -1.08. The Balaban J connectivity index is 2.34.